The number of halogens is 3. The number of carbonyl (C=O) groups excluding carboxylic acids is 1. The number of piperidine rings is 1. The van der Waals surface area contributed by atoms with Crippen LogP contribution in [0.1, 0.15) is 31.4 Å². The van der Waals surface area contributed by atoms with E-state index in [0.29, 0.717) is 0 Å². The van der Waals surface area contributed by atoms with E-state index in [2.05, 4.69) is 22.4 Å². The molecule has 1 fully saturated rings. The van der Waals surface area contributed by atoms with Crippen LogP contribution in [-0.4, -0.2) is 45.2 Å². The number of nitrogens with one attached hydrogen (secondary N) is 1. The van der Waals surface area contributed by atoms with Gasteiger partial charge < -0.3 is 14.8 Å². The maximum absolute atomic E-state index is 12.8. The lowest BCUT2D eigenvalue weighted by Gasteiger charge is -2.36. The summed E-state index contributed by atoms with van der Waals surface area (Å²) in [6, 6.07) is 0. The molecule has 0 aliphatic carbocycles. The topological polar surface area (TPSA) is 63.1 Å². The number of amides is 1. The Morgan fingerprint density at radius 3 is 2.83 bits per heavy atom. The van der Waals surface area contributed by atoms with E-state index in [4.69, 9.17) is 0 Å². The van der Waals surface area contributed by atoms with Crippen molar-refractivity contribution in [2.45, 2.75) is 39.0 Å². The first-order valence-corrected chi connectivity index (χ1v) is 7.90. The Labute approximate surface area is 132 Å². The molecule has 6 nitrogen and oxygen atoms in total. The first-order chi connectivity index (χ1) is 10.9. The Morgan fingerprint density at radius 2 is 2.13 bits per heavy atom. The summed E-state index contributed by atoms with van der Waals surface area (Å²) in [6.45, 7) is 4.13. The van der Waals surface area contributed by atoms with Crippen LogP contribution in [0.15, 0.2) is 0 Å². The third kappa shape index (κ3) is 3.06. The van der Waals surface area contributed by atoms with E-state index in [1.165, 1.54) is 0 Å². The Kier molecular flexibility index (Phi) is 4.31. The number of alkyl halides is 3. The summed E-state index contributed by atoms with van der Waals surface area (Å²) in [5, 5.41) is 10.2. The van der Waals surface area contributed by atoms with E-state index in [0.717, 1.165) is 30.5 Å². The average Bonchev–Trinajstić information content (AvgIpc) is 2.97. The molecule has 1 N–H and O–H groups in total. The van der Waals surface area contributed by atoms with E-state index in [-0.39, 0.29) is 43.2 Å². The van der Waals surface area contributed by atoms with E-state index in [9.17, 15) is 18.0 Å². The van der Waals surface area contributed by atoms with Gasteiger partial charge in [-0.3, -0.25) is 4.79 Å². The third-order valence-electron chi connectivity index (χ3n) is 4.77. The number of hydrogen-bond donors (Lipinski definition) is 1. The summed E-state index contributed by atoms with van der Waals surface area (Å²) in [6.07, 6.45) is -2.83. The second kappa shape index (κ2) is 6.10. The number of hydrogen-bond acceptors (Lipinski definition) is 4. The Balaban J connectivity index is 1.74. The summed E-state index contributed by atoms with van der Waals surface area (Å²) >= 11 is 0. The highest BCUT2D eigenvalue weighted by Gasteiger charge is 2.41. The normalized spacial score (nSPS) is 25.3. The fraction of sp³-hybridized carbons (Fsp3) is 0.786. The number of carbonyl (C=O) groups is 1. The van der Waals surface area contributed by atoms with Gasteiger partial charge in [-0.1, -0.05) is 13.3 Å². The lowest BCUT2D eigenvalue weighted by atomic mass is 9.83. The second-order valence-corrected chi connectivity index (χ2v) is 6.12. The molecule has 0 spiro atoms. The predicted molar refractivity (Wildman–Crippen MR) is 75.2 cm³/mol. The van der Waals surface area contributed by atoms with Gasteiger partial charge in [0.1, 0.15) is 0 Å². The first-order valence-electron chi connectivity index (χ1n) is 7.90. The fourth-order valence-electron chi connectivity index (χ4n) is 3.47. The smallest absolute Gasteiger partial charge is 0.333 e. The Hall–Kier alpha value is -1.64. The number of rotatable bonds is 2. The quantitative estimate of drug-likeness (QED) is 0.887. The fourth-order valence-corrected chi connectivity index (χ4v) is 3.47. The van der Waals surface area contributed by atoms with Crippen molar-refractivity contribution in [2.24, 2.45) is 11.8 Å². The zero-order chi connectivity index (χ0) is 16.6. The highest BCUT2D eigenvalue weighted by molar-refractivity contribution is 5.79. The highest BCUT2D eigenvalue weighted by Crippen LogP contribution is 2.30. The SMILES string of the molecule is CC[C@@H]1CNCC[C@@H]1C(=O)N1CCn2c(nnc2C(F)(F)F)C1. The van der Waals surface area contributed by atoms with Crippen LogP contribution in [0.2, 0.25) is 0 Å². The average molecular weight is 331 g/mol. The van der Waals surface area contributed by atoms with Crippen LogP contribution in [-0.2, 0) is 24.1 Å². The molecule has 0 aromatic carbocycles. The van der Waals surface area contributed by atoms with Crippen LogP contribution < -0.4 is 5.32 Å². The van der Waals surface area contributed by atoms with Gasteiger partial charge in [-0.15, -0.1) is 10.2 Å². The molecule has 9 heteroatoms. The van der Waals surface area contributed by atoms with Gasteiger partial charge in [0.15, 0.2) is 5.82 Å². The molecular weight excluding hydrogens is 311 g/mol. The molecule has 0 radical (unpaired) electrons. The summed E-state index contributed by atoms with van der Waals surface area (Å²) in [4.78, 5) is 14.4. The zero-order valence-corrected chi connectivity index (χ0v) is 12.9. The molecule has 2 aliphatic rings. The molecule has 0 saturated carbocycles. The molecule has 3 rings (SSSR count). The van der Waals surface area contributed by atoms with Crippen molar-refractivity contribution >= 4 is 5.91 Å². The van der Waals surface area contributed by atoms with Crippen molar-refractivity contribution in [1.82, 2.24) is 25.0 Å². The van der Waals surface area contributed by atoms with Crippen LogP contribution in [0.25, 0.3) is 0 Å². The predicted octanol–water partition coefficient (Wildman–Crippen LogP) is 1.27. The molecule has 3 heterocycles. The standard InChI is InChI=1S/C14H20F3N5O/c1-2-9-7-18-4-3-10(9)12(23)21-5-6-22-11(8-21)19-20-13(22)14(15,16)17/h9-10,18H,2-8H2,1H3/t9-,10+/m1/s1. The molecule has 0 unspecified atom stereocenters. The molecule has 1 amide bonds. The molecule has 1 saturated heterocycles. The van der Waals surface area contributed by atoms with Crippen LogP contribution in [0, 0.1) is 11.8 Å². The molecule has 128 valence electrons. The largest absolute Gasteiger partial charge is 0.451 e. The van der Waals surface area contributed by atoms with Gasteiger partial charge in [-0.05, 0) is 25.4 Å². The van der Waals surface area contributed by atoms with Gasteiger partial charge in [0, 0.05) is 19.0 Å². The van der Waals surface area contributed by atoms with Gasteiger partial charge in [-0.25, -0.2) is 0 Å². The maximum atomic E-state index is 12.8. The van der Waals surface area contributed by atoms with Gasteiger partial charge in [0.05, 0.1) is 6.54 Å². The summed E-state index contributed by atoms with van der Waals surface area (Å²) in [5.74, 6) is -0.521. The molecule has 2 atom stereocenters. The molecule has 23 heavy (non-hydrogen) atoms. The number of aromatic nitrogens is 3. The van der Waals surface area contributed by atoms with Gasteiger partial charge in [0.2, 0.25) is 11.7 Å². The van der Waals surface area contributed by atoms with E-state index >= 15 is 0 Å². The zero-order valence-electron chi connectivity index (χ0n) is 12.9. The number of fused-ring (bicyclic) bond motifs is 1. The van der Waals surface area contributed by atoms with E-state index in [1.807, 2.05) is 0 Å². The molecule has 1 aromatic rings. The molecular formula is C14H20F3N5O. The van der Waals surface area contributed by atoms with Crippen molar-refractivity contribution < 1.29 is 18.0 Å². The first kappa shape index (κ1) is 16.2. The Morgan fingerprint density at radius 1 is 1.35 bits per heavy atom. The summed E-state index contributed by atoms with van der Waals surface area (Å²) < 4.78 is 39.6. The third-order valence-corrected chi connectivity index (χ3v) is 4.77. The summed E-state index contributed by atoms with van der Waals surface area (Å²) in [5.41, 5.74) is 0. The van der Waals surface area contributed by atoms with E-state index in [1.54, 1.807) is 4.90 Å². The second-order valence-electron chi connectivity index (χ2n) is 6.12. The van der Waals surface area contributed by atoms with E-state index < -0.39 is 12.0 Å². The minimum atomic E-state index is -4.51. The van der Waals surface area contributed by atoms with Crippen molar-refractivity contribution in [2.75, 3.05) is 19.6 Å². The van der Waals surface area contributed by atoms with Gasteiger partial charge >= 0.3 is 6.18 Å². The van der Waals surface area contributed by atoms with Crippen molar-refractivity contribution in [3.05, 3.63) is 11.6 Å². The van der Waals surface area contributed by atoms with Crippen LogP contribution in [0.5, 0.6) is 0 Å². The molecule has 0 bridgehead atoms. The molecule has 1 aromatic heterocycles. The van der Waals surface area contributed by atoms with Gasteiger partial charge in [0.25, 0.3) is 0 Å². The number of nitrogens with zero attached hydrogens (tertiary/aromatic N) is 4. The molecule has 2 aliphatic heterocycles. The summed E-state index contributed by atoms with van der Waals surface area (Å²) in [7, 11) is 0. The highest BCUT2D eigenvalue weighted by atomic mass is 19.4. The lowest BCUT2D eigenvalue weighted by molar-refractivity contribution is -0.148. The lowest BCUT2D eigenvalue weighted by Crippen LogP contribution is -2.48. The monoisotopic (exact) mass is 331 g/mol. The van der Waals surface area contributed by atoms with Crippen LogP contribution >= 0.6 is 0 Å². The van der Waals surface area contributed by atoms with Crippen molar-refractivity contribution in [3.63, 3.8) is 0 Å². The Bertz CT molecular complexity index is 585. The van der Waals surface area contributed by atoms with Crippen molar-refractivity contribution in [1.29, 1.82) is 0 Å². The minimum Gasteiger partial charge on any atom is -0.333 e. The minimum absolute atomic E-state index is 0.0289. The van der Waals surface area contributed by atoms with Crippen molar-refractivity contribution in [3.8, 4) is 0 Å². The van der Waals surface area contributed by atoms with Crippen LogP contribution in [0.3, 0.4) is 0 Å². The maximum Gasteiger partial charge on any atom is 0.451 e. The van der Waals surface area contributed by atoms with Crippen LogP contribution in [0.4, 0.5) is 13.2 Å². The van der Waals surface area contributed by atoms with Gasteiger partial charge in [-0.2, -0.15) is 13.2 Å².